The van der Waals surface area contributed by atoms with Crippen molar-refractivity contribution in [1.82, 2.24) is 14.5 Å². The number of nitrogen functional groups attached to an aromatic ring is 1. The summed E-state index contributed by atoms with van der Waals surface area (Å²) in [5.41, 5.74) is 10.9. The molecule has 0 saturated carbocycles. The number of hydrogen-bond donors (Lipinski definition) is 4. The normalized spacial score (nSPS) is 23.6. The number of fused-ring (bicyclic) bond motifs is 1. The van der Waals surface area contributed by atoms with E-state index in [0.717, 1.165) is 0 Å². The van der Waals surface area contributed by atoms with Crippen LogP contribution in [-0.2, 0) is 31.6 Å². The molecule has 0 amide bonds. The molecule has 2 aromatic rings. The molecule has 5 atom stereocenters. The van der Waals surface area contributed by atoms with E-state index < -0.39 is 48.0 Å². The summed E-state index contributed by atoms with van der Waals surface area (Å²) in [5, 5.41) is 0.140. The predicted octanol–water partition coefficient (Wildman–Crippen LogP) is -2.26. The molecule has 1 aliphatic heterocycles. The standard InChI is InChI=1S/C14H20N5O12P3/c15-5-1-2-8-6-19(12-11(8)13(20)18-14(16)17-12)10-4-3-9(29-10)7-28-33(24,25)31-34(26,27)30-32(21,22)23/h6,9-10H,3-5,7,15H2,(H,24,25)(H,26,27)(H2,21,22,23)(H3,16,17,18,20)/p-3/t9-,10+/m0/s1. The van der Waals surface area contributed by atoms with Gasteiger partial charge in [0.1, 0.15) is 6.23 Å². The van der Waals surface area contributed by atoms with E-state index in [1.54, 1.807) is 0 Å². The Balaban J connectivity index is 1.73. The van der Waals surface area contributed by atoms with Crippen LogP contribution >= 0.6 is 23.5 Å². The van der Waals surface area contributed by atoms with Gasteiger partial charge in [0.05, 0.1) is 30.2 Å². The van der Waals surface area contributed by atoms with Crippen LogP contribution in [0.5, 0.6) is 0 Å². The molecule has 2 aromatic heterocycles. The first-order valence-corrected chi connectivity index (χ1v) is 13.6. The number of anilines is 1. The van der Waals surface area contributed by atoms with Gasteiger partial charge in [-0.15, -0.1) is 0 Å². The highest BCUT2D eigenvalue weighted by molar-refractivity contribution is 7.65. The highest BCUT2D eigenvalue weighted by Crippen LogP contribution is 2.61. The van der Waals surface area contributed by atoms with Crippen molar-refractivity contribution in [2.75, 3.05) is 18.9 Å². The Morgan fingerprint density at radius 2 is 1.97 bits per heavy atom. The van der Waals surface area contributed by atoms with E-state index in [2.05, 4.69) is 35.0 Å². The van der Waals surface area contributed by atoms with E-state index >= 15 is 0 Å². The molecule has 17 nitrogen and oxygen atoms in total. The van der Waals surface area contributed by atoms with Gasteiger partial charge in [-0.1, -0.05) is 11.8 Å². The second-order valence-electron chi connectivity index (χ2n) is 6.72. The minimum Gasteiger partial charge on any atom is -0.756 e. The fraction of sp³-hybridized carbons (Fsp3) is 0.429. The number of nitrogens with two attached hydrogens (primary N) is 2. The maximum Gasteiger partial charge on any atom is 0.280 e. The predicted molar refractivity (Wildman–Crippen MR) is 107 cm³/mol. The average Bonchev–Trinajstić information content (AvgIpc) is 3.26. The number of H-pyrrole nitrogens is 1. The summed E-state index contributed by atoms with van der Waals surface area (Å²) in [7, 11) is -17.5. The van der Waals surface area contributed by atoms with Crippen molar-refractivity contribution >= 4 is 40.4 Å². The van der Waals surface area contributed by atoms with Gasteiger partial charge in [0.15, 0.2) is 5.65 Å². The molecule has 0 spiro atoms. The van der Waals surface area contributed by atoms with Crippen molar-refractivity contribution in [3.63, 3.8) is 0 Å². The summed E-state index contributed by atoms with van der Waals surface area (Å²) in [6.07, 6.45) is 0.380. The molecule has 3 heterocycles. The van der Waals surface area contributed by atoms with E-state index in [-0.39, 0.29) is 29.9 Å². The van der Waals surface area contributed by atoms with Crippen LogP contribution in [0, 0.1) is 11.8 Å². The maximum absolute atomic E-state index is 12.3. The smallest absolute Gasteiger partial charge is 0.280 e. The summed E-state index contributed by atoms with van der Waals surface area (Å²) < 4.78 is 51.8. The Bertz CT molecular complexity index is 1340. The van der Waals surface area contributed by atoms with Gasteiger partial charge in [0.25, 0.3) is 29.0 Å². The highest BCUT2D eigenvalue weighted by Gasteiger charge is 2.31. The van der Waals surface area contributed by atoms with E-state index in [1.807, 2.05) is 0 Å². The number of nitrogens with zero attached hydrogens (tertiary/aromatic N) is 2. The van der Waals surface area contributed by atoms with Crippen LogP contribution in [0.25, 0.3) is 11.0 Å². The van der Waals surface area contributed by atoms with E-state index in [4.69, 9.17) is 21.1 Å². The molecule has 0 radical (unpaired) electrons. The molecule has 34 heavy (non-hydrogen) atoms. The van der Waals surface area contributed by atoms with Gasteiger partial charge in [0, 0.05) is 6.20 Å². The quantitative estimate of drug-likeness (QED) is 0.203. The second kappa shape index (κ2) is 10.00. The third kappa shape index (κ3) is 6.83. The topological polar surface area (TPSA) is 280 Å². The molecular formula is C14H17N5O12P3-3. The highest BCUT2D eigenvalue weighted by atomic mass is 31.3. The molecule has 188 valence electrons. The number of rotatable bonds is 8. The zero-order valence-electron chi connectivity index (χ0n) is 16.9. The molecule has 3 unspecified atom stereocenters. The van der Waals surface area contributed by atoms with Gasteiger partial charge in [-0.3, -0.25) is 23.5 Å². The van der Waals surface area contributed by atoms with Crippen LogP contribution in [0.4, 0.5) is 5.95 Å². The average molecular weight is 540 g/mol. The lowest BCUT2D eigenvalue weighted by molar-refractivity contribution is -0.250. The molecule has 0 aromatic carbocycles. The largest absolute Gasteiger partial charge is 0.756 e. The third-order valence-electron chi connectivity index (χ3n) is 4.24. The van der Waals surface area contributed by atoms with Gasteiger partial charge in [0.2, 0.25) is 5.95 Å². The number of nitrogens with one attached hydrogen (secondary N) is 1. The zero-order chi connectivity index (χ0) is 25.3. The lowest BCUT2D eigenvalue weighted by Gasteiger charge is -2.32. The van der Waals surface area contributed by atoms with E-state index in [9.17, 15) is 33.2 Å². The molecule has 1 saturated heterocycles. The summed E-state index contributed by atoms with van der Waals surface area (Å²) in [6, 6.07) is 0. The van der Waals surface area contributed by atoms with Crippen LogP contribution in [0.1, 0.15) is 24.6 Å². The summed E-state index contributed by atoms with van der Waals surface area (Å²) in [6.45, 7) is -0.670. The number of ether oxygens (including phenoxy) is 1. The number of phosphoric ester groups is 1. The van der Waals surface area contributed by atoms with Gasteiger partial charge in [-0.2, -0.15) is 4.98 Å². The molecule has 6 N–H and O–H groups in total. The summed E-state index contributed by atoms with van der Waals surface area (Å²) >= 11 is 0. The van der Waals surface area contributed by atoms with Gasteiger partial charge in [-0.25, -0.2) is 8.62 Å². The molecule has 3 rings (SSSR count). The van der Waals surface area contributed by atoms with Crippen LogP contribution in [0.15, 0.2) is 11.0 Å². The minimum absolute atomic E-state index is 0.0373. The number of hydrogen-bond acceptors (Lipinski definition) is 14. The van der Waals surface area contributed by atoms with Gasteiger partial charge >= 0.3 is 0 Å². The molecular weight excluding hydrogens is 523 g/mol. The zero-order valence-corrected chi connectivity index (χ0v) is 19.6. The van der Waals surface area contributed by atoms with Crippen LogP contribution in [-0.4, -0.2) is 38.7 Å². The molecule has 1 aliphatic rings. The fourth-order valence-corrected chi connectivity index (χ4v) is 6.02. The third-order valence-corrected chi connectivity index (χ3v) is 7.93. The van der Waals surface area contributed by atoms with Crippen molar-refractivity contribution in [2.45, 2.75) is 25.2 Å². The summed E-state index contributed by atoms with van der Waals surface area (Å²) in [5.74, 6) is 5.21. The first-order chi connectivity index (χ1) is 15.7. The Morgan fingerprint density at radius 1 is 1.26 bits per heavy atom. The molecule has 0 aliphatic carbocycles. The van der Waals surface area contributed by atoms with Crippen molar-refractivity contribution in [2.24, 2.45) is 5.73 Å². The summed E-state index contributed by atoms with van der Waals surface area (Å²) in [4.78, 5) is 60.6. The van der Waals surface area contributed by atoms with Gasteiger partial charge < -0.3 is 44.9 Å². The van der Waals surface area contributed by atoms with Crippen molar-refractivity contribution in [3.05, 3.63) is 22.1 Å². The first-order valence-electron chi connectivity index (χ1n) is 9.17. The fourth-order valence-electron chi connectivity index (χ4n) is 3.11. The van der Waals surface area contributed by atoms with Crippen LogP contribution in [0.3, 0.4) is 0 Å². The minimum atomic E-state index is -6.00. The maximum atomic E-state index is 12.3. The number of phosphoric acid groups is 3. The lowest BCUT2D eigenvalue weighted by Crippen LogP contribution is -2.20. The number of aromatic nitrogens is 3. The Kier molecular flexibility index (Phi) is 7.86. The van der Waals surface area contributed by atoms with E-state index in [1.165, 1.54) is 10.8 Å². The van der Waals surface area contributed by atoms with Crippen LogP contribution in [0.2, 0.25) is 0 Å². The molecule has 1 fully saturated rings. The van der Waals surface area contributed by atoms with Crippen molar-refractivity contribution in [3.8, 4) is 11.8 Å². The Morgan fingerprint density at radius 3 is 2.62 bits per heavy atom. The van der Waals surface area contributed by atoms with Crippen LogP contribution < -0.4 is 31.7 Å². The number of aromatic amines is 1. The monoisotopic (exact) mass is 540 g/mol. The molecule has 0 bridgehead atoms. The first kappa shape index (κ1) is 26.7. The Labute approximate surface area is 190 Å². The van der Waals surface area contributed by atoms with Crippen molar-refractivity contribution < 1.29 is 51.2 Å². The Hall–Kier alpha value is -1.89. The second-order valence-corrected chi connectivity index (χ2v) is 11.0. The van der Waals surface area contributed by atoms with Gasteiger partial charge in [-0.05, 0) is 12.8 Å². The van der Waals surface area contributed by atoms with Crippen molar-refractivity contribution in [1.29, 1.82) is 0 Å². The molecule has 20 heteroatoms. The lowest BCUT2D eigenvalue weighted by atomic mass is 10.2. The SMILES string of the molecule is NCC#Cc1cn([C@H]2CC[C@@H](COP(=O)([O-])OP(=O)([O-])OP(=O)([O-])O)O2)c2nc(N)[nH]c(=O)c12. The van der Waals surface area contributed by atoms with E-state index in [0.29, 0.717) is 12.0 Å².